The zero-order valence-electron chi connectivity index (χ0n) is 12.8. The Morgan fingerprint density at radius 1 is 1.30 bits per heavy atom. The number of ether oxygens (including phenoxy) is 1. The predicted octanol–water partition coefficient (Wildman–Crippen LogP) is 0.842. The van der Waals surface area contributed by atoms with Gasteiger partial charge < -0.3 is 15.0 Å². The van der Waals surface area contributed by atoms with Crippen LogP contribution < -0.4 is 15.0 Å². The van der Waals surface area contributed by atoms with Crippen molar-refractivity contribution in [2.24, 2.45) is 0 Å². The summed E-state index contributed by atoms with van der Waals surface area (Å²) in [5.74, 6) is 1.23. The van der Waals surface area contributed by atoms with Crippen molar-refractivity contribution < 1.29 is 4.74 Å². The molecule has 2 rings (SSSR count). The highest BCUT2D eigenvalue weighted by atomic mass is 16.5. The molecule has 0 bridgehead atoms. The number of rotatable bonds is 6. The molecule has 1 unspecified atom stereocenters. The molecule has 0 spiro atoms. The van der Waals surface area contributed by atoms with E-state index in [0.29, 0.717) is 23.9 Å². The van der Waals surface area contributed by atoms with E-state index in [4.69, 9.17) is 4.74 Å². The van der Waals surface area contributed by atoms with Crippen LogP contribution in [-0.4, -0.2) is 66.2 Å². The van der Waals surface area contributed by atoms with Gasteiger partial charge in [-0.25, -0.2) is 0 Å². The van der Waals surface area contributed by atoms with E-state index in [9.17, 15) is 0 Å². The van der Waals surface area contributed by atoms with Gasteiger partial charge in [0.25, 0.3) is 0 Å². The van der Waals surface area contributed by atoms with E-state index in [2.05, 4.69) is 43.9 Å². The highest BCUT2D eigenvalue weighted by Gasteiger charge is 2.28. The molecule has 1 saturated heterocycles. The van der Waals surface area contributed by atoms with Gasteiger partial charge in [-0.05, 0) is 19.5 Å². The molecule has 1 aromatic heterocycles. The summed E-state index contributed by atoms with van der Waals surface area (Å²) in [4.78, 5) is 17.6. The number of nitrogens with zero attached hydrogens (tertiary/aromatic N) is 5. The summed E-state index contributed by atoms with van der Waals surface area (Å²) in [7, 11) is 3.36. The molecule has 1 aliphatic rings. The SMILES string of the molecule is CCN(CC)C1CCN(c2nc(NC)nc(OC)n2)C1. The summed E-state index contributed by atoms with van der Waals surface area (Å²) < 4.78 is 5.13. The molecule has 112 valence electrons. The fraction of sp³-hybridized carbons (Fsp3) is 0.769. The third-order valence-corrected chi connectivity index (χ3v) is 3.78. The smallest absolute Gasteiger partial charge is 0.322 e. The Labute approximate surface area is 120 Å². The Balaban J connectivity index is 2.13. The van der Waals surface area contributed by atoms with Crippen LogP contribution in [0.1, 0.15) is 20.3 Å². The van der Waals surface area contributed by atoms with Gasteiger partial charge in [-0.2, -0.15) is 15.0 Å². The molecular weight excluding hydrogens is 256 g/mol. The normalized spacial score (nSPS) is 18.6. The van der Waals surface area contributed by atoms with Crippen molar-refractivity contribution in [3.8, 4) is 6.01 Å². The standard InChI is InChI=1S/C13H24N6O/c1-5-18(6-2)10-7-8-19(9-10)12-15-11(14-3)16-13(17-12)20-4/h10H,5-9H2,1-4H3,(H,14,15,16,17). The molecule has 1 N–H and O–H groups in total. The lowest BCUT2D eigenvalue weighted by Gasteiger charge is -2.26. The molecule has 7 heteroatoms. The first kappa shape index (κ1) is 14.8. The molecule has 7 nitrogen and oxygen atoms in total. The Morgan fingerprint density at radius 2 is 2.05 bits per heavy atom. The van der Waals surface area contributed by atoms with Crippen molar-refractivity contribution in [3.05, 3.63) is 0 Å². The van der Waals surface area contributed by atoms with Crippen LogP contribution in [0.4, 0.5) is 11.9 Å². The first-order chi connectivity index (χ1) is 9.71. The Hall–Kier alpha value is -1.63. The number of anilines is 2. The van der Waals surface area contributed by atoms with Gasteiger partial charge >= 0.3 is 6.01 Å². The number of likely N-dealkylation sites (N-methyl/N-ethyl adjacent to an activating group) is 1. The lowest BCUT2D eigenvalue weighted by Crippen LogP contribution is -2.37. The zero-order valence-corrected chi connectivity index (χ0v) is 12.8. The van der Waals surface area contributed by atoms with Gasteiger partial charge in [0.1, 0.15) is 0 Å². The molecule has 0 radical (unpaired) electrons. The van der Waals surface area contributed by atoms with Gasteiger partial charge in [0.05, 0.1) is 7.11 Å². The topological polar surface area (TPSA) is 66.4 Å². The minimum Gasteiger partial charge on any atom is -0.467 e. The molecule has 20 heavy (non-hydrogen) atoms. The van der Waals surface area contributed by atoms with Gasteiger partial charge in [0, 0.05) is 26.2 Å². The van der Waals surface area contributed by atoms with Gasteiger partial charge in [0.2, 0.25) is 11.9 Å². The summed E-state index contributed by atoms with van der Waals surface area (Å²) in [6, 6.07) is 0.927. The van der Waals surface area contributed by atoms with Crippen LogP contribution in [-0.2, 0) is 0 Å². The van der Waals surface area contributed by atoms with Gasteiger partial charge in [-0.1, -0.05) is 13.8 Å². The molecule has 1 fully saturated rings. The summed E-state index contributed by atoms with van der Waals surface area (Å²) in [5, 5.41) is 2.94. The average molecular weight is 280 g/mol. The Bertz CT molecular complexity index is 415. The molecule has 0 saturated carbocycles. The monoisotopic (exact) mass is 280 g/mol. The number of aromatic nitrogens is 3. The second-order valence-electron chi connectivity index (χ2n) is 4.81. The maximum absolute atomic E-state index is 5.13. The largest absolute Gasteiger partial charge is 0.467 e. The molecule has 0 amide bonds. The summed E-state index contributed by atoms with van der Waals surface area (Å²) in [6.07, 6.45) is 1.14. The summed E-state index contributed by atoms with van der Waals surface area (Å²) in [5.41, 5.74) is 0. The van der Waals surface area contributed by atoms with Crippen molar-refractivity contribution in [2.75, 3.05) is 50.6 Å². The van der Waals surface area contributed by atoms with Crippen LogP contribution in [0, 0.1) is 0 Å². The van der Waals surface area contributed by atoms with Crippen LogP contribution in [0.2, 0.25) is 0 Å². The fourth-order valence-electron chi connectivity index (χ4n) is 2.65. The summed E-state index contributed by atoms with van der Waals surface area (Å²) >= 11 is 0. The molecule has 1 aromatic rings. The van der Waals surface area contributed by atoms with Crippen LogP contribution in [0.15, 0.2) is 0 Å². The van der Waals surface area contributed by atoms with Crippen molar-refractivity contribution in [2.45, 2.75) is 26.3 Å². The minimum absolute atomic E-state index is 0.352. The first-order valence-corrected chi connectivity index (χ1v) is 7.18. The maximum Gasteiger partial charge on any atom is 0.322 e. The zero-order chi connectivity index (χ0) is 14.5. The van der Waals surface area contributed by atoms with Crippen LogP contribution in [0.5, 0.6) is 6.01 Å². The molecule has 1 aliphatic heterocycles. The predicted molar refractivity (Wildman–Crippen MR) is 79.5 cm³/mol. The first-order valence-electron chi connectivity index (χ1n) is 7.18. The van der Waals surface area contributed by atoms with Crippen LogP contribution in [0.25, 0.3) is 0 Å². The number of nitrogens with one attached hydrogen (secondary N) is 1. The lowest BCUT2D eigenvalue weighted by atomic mass is 10.2. The van der Waals surface area contributed by atoms with Crippen LogP contribution in [0.3, 0.4) is 0 Å². The lowest BCUT2D eigenvalue weighted by molar-refractivity contribution is 0.232. The second-order valence-corrected chi connectivity index (χ2v) is 4.81. The van der Waals surface area contributed by atoms with E-state index in [1.165, 1.54) is 0 Å². The quantitative estimate of drug-likeness (QED) is 0.828. The number of hydrogen-bond acceptors (Lipinski definition) is 7. The van der Waals surface area contributed by atoms with Crippen molar-refractivity contribution in [3.63, 3.8) is 0 Å². The molecule has 1 atom stereocenters. The van der Waals surface area contributed by atoms with Crippen molar-refractivity contribution in [1.29, 1.82) is 0 Å². The highest BCUT2D eigenvalue weighted by molar-refractivity contribution is 5.39. The Morgan fingerprint density at radius 3 is 2.65 bits per heavy atom. The molecule has 0 aliphatic carbocycles. The molecular formula is C13H24N6O. The van der Waals surface area contributed by atoms with E-state index < -0.39 is 0 Å². The average Bonchev–Trinajstić information content (AvgIpc) is 2.97. The van der Waals surface area contributed by atoms with E-state index in [-0.39, 0.29) is 0 Å². The number of hydrogen-bond donors (Lipinski definition) is 1. The fourth-order valence-corrected chi connectivity index (χ4v) is 2.65. The second kappa shape index (κ2) is 6.69. The summed E-state index contributed by atoms with van der Waals surface area (Å²) in [6.45, 7) is 8.50. The number of methoxy groups -OCH3 is 1. The minimum atomic E-state index is 0.352. The van der Waals surface area contributed by atoms with E-state index in [1.807, 2.05) is 0 Å². The molecule has 0 aromatic carbocycles. The third kappa shape index (κ3) is 3.09. The van der Waals surface area contributed by atoms with Crippen LogP contribution >= 0.6 is 0 Å². The maximum atomic E-state index is 5.13. The van der Waals surface area contributed by atoms with E-state index >= 15 is 0 Å². The van der Waals surface area contributed by atoms with E-state index in [1.54, 1.807) is 14.2 Å². The van der Waals surface area contributed by atoms with Crippen molar-refractivity contribution in [1.82, 2.24) is 19.9 Å². The van der Waals surface area contributed by atoms with Gasteiger partial charge in [0.15, 0.2) is 0 Å². The van der Waals surface area contributed by atoms with Gasteiger partial charge in [-0.15, -0.1) is 0 Å². The highest BCUT2D eigenvalue weighted by Crippen LogP contribution is 2.22. The van der Waals surface area contributed by atoms with Crippen molar-refractivity contribution >= 4 is 11.9 Å². The Kier molecular flexibility index (Phi) is 4.94. The molecule has 2 heterocycles. The van der Waals surface area contributed by atoms with E-state index in [0.717, 1.165) is 32.6 Å². The third-order valence-electron chi connectivity index (χ3n) is 3.78. The van der Waals surface area contributed by atoms with Gasteiger partial charge in [-0.3, -0.25) is 4.90 Å².